The Balaban J connectivity index is 1.70. The molecule has 4 nitrogen and oxygen atoms in total. The van der Waals surface area contributed by atoms with Gasteiger partial charge < -0.3 is 9.80 Å². The monoisotopic (exact) mass is 302 g/mol. The van der Waals surface area contributed by atoms with E-state index in [-0.39, 0.29) is 0 Å². The van der Waals surface area contributed by atoms with Gasteiger partial charge in [0.2, 0.25) is 0 Å². The number of piperazine rings is 1. The highest BCUT2D eigenvalue weighted by Crippen LogP contribution is 2.21. The van der Waals surface area contributed by atoms with Gasteiger partial charge in [0.25, 0.3) is 0 Å². The fraction of sp³-hybridized carbons (Fsp3) is 0.375. The van der Waals surface area contributed by atoms with Crippen molar-refractivity contribution in [2.24, 2.45) is 0 Å². The molecular formula is C16H19ClN4. The first-order valence-corrected chi connectivity index (χ1v) is 7.57. The van der Waals surface area contributed by atoms with Crippen LogP contribution in [0.25, 0.3) is 0 Å². The van der Waals surface area contributed by atoms with Crippen LogP contribution < -0.4 is 9.80 Å². The SMILES string of the molecule is Cc1cccc(N2CCN(c3cc(Cl)nc(C)n3)CC2)c1. The molecule has 0 atom stereocenters. The summed E-state index contributed by atoms with van der Waals surface area (Å²) in [6.45, 7) is 7.87. The maximum absolute atomic E-state index is 6.02. The number of hydrogen-bond acceptors (Lipinski definition) is 4. The number of aryl methyl sites for hydroxylation is 2. The Bertz CT molecular complexity index is 616. The summed E-state index contributed by atoms with van der Waals surface area (Å²) in [6.07, 6.45) is 0. The molecule has 0 bridgehead atoms. The van der Waals surface area contributed by atoms with Crippen LogP contribution in [0.15, 0.2) is 30.3 Å². The molecule has 1 fully saturated rings. The van der Waals surface area contributed by atoms with E-state index >= 15 is 0 Å². The van der Waals surface area contributed by atoms with Gasteiger partial charge in [-0.3, -0.25) is 0 Å². The molecule has 5 heteroatoms. The minimum atomic E-state index is 0.513. The van der Waals surface area contributed by atoms with E-state index in [2.05, 4.69) is 51.0 Å². The van der Waals surface area contributed by atoms with Crippen molar-refractivity contribution in [3.63, 3.8) is 0 Å². The summed E-state index contributed by atoms with van der Waals surface area (Å²) < 4.78 is 0. The summed E-state index contributed by atoms with van der Waals surface area (Å²) in [7, 11) is 0. The predicted octanol–water partition coefficient (Wildman–Crippen LogP) is 3.07. The Hall–Kier alpha value is -1.81. The lowest BCUT2D eigenvalue weighted by molar-refractivity contribution is 0.645. The van der Waals surface area contributed by atoms with Gasteiger partial charge in [0.1, 0.15) is 16.8 Å². The second kappa shape index (κ2) is 5.90. The summed E-state index contributed by atoms with van der Waals surface area (Å²) in [5.74, 6) is 1.65. The Morgan fingerprint density at radius 2 is 1.67 bits per heavy atom. The average molecular weight is 303 g/mol. The van der Waals surface area contributed by atoms with Crippen LogP contribution >= 0.6 is 11.6 Å². The van der Waals surface area contributed by atoms with Crippen molar-refractivity contribution in [1.29, 1.82) is 0 Å². The predicted molar refractivity (Wildman–Crippen MR) is 87.4 cm³/mol. The third-order valence-corrected chi connectivity index (χ3v) is 3.96. The molecule has 110 valence electrons. The van der Waals surface area contributed by atoms with E-state index in [0.717, 1.165) is 37.8 Å². The second-order valence-corrected chi connectivity index (χ2v) is 5.80. The highest BCUT2D eigenvalue weighted by Gasteiger charge is 2.19. The van der Waals surface area contributed by atoms with Crippen LogP contribution in [0.5, 0.6) is 0 Å². The molecular weight excluding hydrogens is 284 g/mol. The molecule has 1 aliphatic rings. The van der Waals surface area contributed by atoms with Crippen LogP contribution in [0.4, 0.5) is 11.5 Å². The van der Waals surface area contributed by atoms with Crippen molar-refractivity contribution in [3.8, 4) is 0 Å². The van der Waals surface area contributed by atoms with E-state index in [4.69, 9.17) is 11.6 Å². The van der Waals surface area contributed by atoms with E-state index in [9.17, 15) is 0 Å². The van der Waals surface area contributed by atoms with Crippen LogP contribution in [0.3, 0.4) is 0 Å². The van der Waals surface area contributed by atoms with Crippen LogP contribution in [0, 0.1) is 13.8 Å². The lowest BCUT2D eigenvalue weighted by Gasteiger charge is -2.36. The molecule has 2 heterocycles. The van der Waals surface area contributed by atoms with E-state index in [1.807, 2.05) is 13.0 Å². The molecule has 0 amide bonds. The van der Waals surface area contributed by atoms with Gasteiger partial charge in [0.05, 0.1) is 0 Å². The first-order chi connectivity index (χ1) is 10.1. The van der Waals surface area contributed by atoms with Gasteiger partial charge in [-0.2, -0.15) is 0 Å². The van der Waals surface area contributed by atoms with Crippen LogP contribution in [-0.4, -0.2) is 36.1 Å². The Kier molecular flexibility index (Phi) is 3.97. The van der Waals surface area contributed by atoms with Crippen molar-refractivity contribution >= 4 is 23.1 Å². The van der Waals surface area contributed by atoms with Crippen LogP contribution in [0.1, 0.15) is 11.4 Å². The van der Waals surface area contributed by atoms with Crippen molar-refractivity contribution in [1.82, 2.24) is 9.97 Å². The van der Waals surface area contributed by atoms with Crippen LogP contribution in [-0.2, 0) is 0 Å². The molecule has 1 aliphatic heterocycles. The second-order valence-electron chi connectivity index (χ2n) is 5.41. The minimum Gasteiger partial charge on any atom is -0.368 e. The molecule has 1 aromatic heterocycles. The topological polar surface area (TPSA) is 32.3 Å². The molecule has 0 unspecified atom stereocenters. The average Bonchev–Trinajstić information content (AvgIpc) is 2.46. The Morgan fingerprint density at radius 3 is 2.33 bits per heavy atom. The Labute approximate surface area is 130 Å². The van der Waals surface area contributed by atoms with Gasteiger partial charge in [-0.15, -0.1) is 0 Å². The highest BCUT2D eigenvalue weighted by atomic mass is 35.5. The molecule has 3 rings (SSSR count). The van der Waals surface area contributed by atoms with Crippen molar-refractivity contribution in [2.75, 3.05) is 36.0 Å². The zero-order valence-corrected chi connectivity index (χ0v) is 13.1. The van der Waals surface area contributed by atoms with Crippen LogP contribution in [0.2, 0.25) is 5.15 Å². The maximum Gasteiger partial charge on any atom is 0.134 e. The summed E-state index contributed by atoms with van der Waals surface area (Å²) in [5, 5.41) is 0.513. The highest BCUT2D eigenvalue weighted by molar-refractivity contribution is 6.29. The number of hydrogen-bond donors (Lipinski definition) is 0. The molecule has 0 saturated carbocycles. The molecule has 0 radical (unpaired) electrons. The zero-order chi connectivity index (χ0) is 14.8. The summed E-state index contributed by atoms with van der Waals surface area (Å²) >= 11 is 6.02. The van der Waals surface area contributed by atoms with E-state index in [1.54, 1.807) is 0 Å². The summed E-state index contributed by atoms with van der Waals surface area (Å²) in [6, 6.07) is 10.5. The van der Waals surface area contributed by atoms with Gasteiger partial charge >= 0.3 is 0 Å². The molecule has 0 aliphatic carbocycles. The zero-order valence-electron chi connectivity index (χ0n) is 12.4. The fourth-order valence-corrected chi connectivity index (χ4v) is 2.92. The molecule has 1 saturated heterocycles. The van der Waals surface area contributed by atoms with Gasteiger partial charge in [0, 0.05) is 37.9 Å². The van der Waals surface area contributed by atoms with Gasteiger partial charge in [0.15, 0.2) is 0 Å². The number of aromatic nitrogens is 2. The van der Waals surface area contributed by atoms with Crippen molar-refractivity contribution in [3.05, 3.63) is 46.9 Å². The number of nitrogens with zero attached hydrogens (tertiary/aromatic N) is 4. The maximum atomic E-state index is 6.02. The standard InChI is InChI=1S/C16H19ClN4/c1-12-4-3-5-14(10-12)20-6-8-21(9-7-20)16-11-15(17)18-13(2)19-16/h3-5,10-11H,6-9H2,1-2H3. The third-order valence-electron chi connectivity index (χ3n) is 3.76. The summed E-state index contributed by atoms with van der Waals surface area (Å²) in [4.78, 5) is 13.3. The van der Waals surface area contributed by atoms with Crippen molar-refractivity contribution in [2.45, 2.75) is 13.8 Å². The normalized spacial score (nSPS) is 15.4. The molecule has 0 N–H and O–H groups in total. The quantitative estimate of drug-likeness (QED) is 0.798. The molecule has 21 heavy (non-hydrogen) atoms. The number of halogens is 1. The van der Waals surface area contributed by atoms with E-state index < -0.39 is 0 Å². The minimum absolute atomic E-state index is 0.513. The first kappa shape index (κ1) is 14.1. The number of anilines is 2. The van der Waals surface area contributed by atoms with E-state index in [0.29, 0.717) is 5.15 Å². The smallest absolute Gasteiger partial charge is 0.134 e. The first-order valence-electron chi connectivity index (χ1n) is 7.19. The molecule has 1 aromatic carbocycles. The van der Waals surface area contributed by atoms with Gasteiger partial charge in [-0.1, -0.05) is 23.7 Å². The fourth-order valence-electron chi connectivity index (χ4n) is 2.70. The Morgan fingerprint density at radius 1 is 0.952 bits per heavy atom. The summed E-state index contributed by atoms with van der Waals surface area (Å²) in [5.41, 5.74) is 2.60. The number of benzene rings is 1. The van der Waals surface area contributed by atoms with Crippen molar-refractivity contribution < 1.29 is 0 Å². The lowest BCUT2D eigenvalue weighted by Crippen LogP contribution is -2.46. The third kappa shape index (κ3) is 3.27. The molecule has 0 spiro atoms. The lowest BCUT2D eigenvalue weighted by atomic mass is 10.2. The largest absolute Gasteiger partial charge is 0.368 e. The van der Waals surface area contributed by atoms with Gasteiger partial charge in [-0.25, -0.2) is 9.97 Å². The number of rotatable bonds is 2. The van der Waals surface area contributed by atoms with Gasteiger partial charge in [-0.05, 0) is 31.5 Å². The van der Waals surface area contributed by atoms with E-state index in [1.165, 1.54) is 11.3 Å². The molecule has 2 aromatic rings.